The third-order valence-electron chi connectivity index (χ3n) is 3.78. The summed E-state index contributed by atoms with van der Waals surface area (Å²) in [4.78, 5) is 12.5. The van der Waals surface area contributed by atoms with Crippen LogP contribution in [0, 0.1) is 5.82 Å². The number of benzene rings is 2. The Morgan fingerprint density at radius 1 is 1.24 bits per heavy atom. The van der Waals surface area contributed by atoms with Crippen molar-refractivity contribution in [3.8, 4) is 11.3 Å². The summed E-state index contributed by atoms with van der Waals surface area (Å²) in [6.45, 7) is 2.04. The molecule has 0 fully saturated rings. The summed E-state index contributed by atoms with van der Waals surface area (Å²) in [5.74, 6) is -0.833. The minimum atomic E-state index is -0.452. The lowest BCUT2D eigenvalue weighted by Crippen LogP contribution is -2.13. The van der Waals surface area contributed by atoms with E-state index in [-0.39, 0.29) is 11.5 Å². The highest BCUT2D eigenvalue weighted by Gasteiger charge is 2.18. The topological polar surface area (TPSA) is 57.8 Å². The fraction of sp³-hybridized carbons (Fsp3) is 0.158. The molecule has 25 heavy (non-hydrogen) atoms. The van der Waals surface area contributed by atoms with Gasteiger partial charge in [0.15, 0.2) is 0 Å². The molecule has 4 nitrogen and oxygen atoms in total. The standard InChI is InChI=1S/C19H17ClFN3O/c1-2-4-16-18(22-19(25)13-5-3-6-15(21)11-13)17(24-23-16)12-7-9-14(20)10-8-12/h3,5-11H,2,4H2,1H3,(H,22,25)(H,23,24). The molecule has 2 N–H and O–H groups in total. The van der Waals surface area contributed by atoms with E-state index in [1.807, 2.05) is 19.1 Å². The second-order valence-electron chi connectivity index (χ2n) is 5.65. The number of anilines is 1. The first-order chi connectivity index (χ1) is 12.1. The van der Waals surface area contributed by atoms with E-state index in [1.54, 1.807) is 18.2 Å². The highest BCUT2D eigenvalue weighted by atomic mass is 35.5. The van der Waals surface area contributed by atoms with E-state index in [0.29, 0.717) is 16.4 Å². The second-order valence-corrected chi connectivity index (χ2v) is 6.08. The molecule has 0 saturated heterocycles. The van der Waals surface area contributed by atoms with Gasteiger partial charge in [0, 0.05) is 16.1 Å². The third kappa shape index (κ3) is 3.88. The number of amides is 1. The predicted octanol–water partition coefficient (Wildman–Crippen LogP) is 5.07. The average Bonchev–Trinajstić information content (AvgIpc) is 2.98. The molecule has 0 aliphatic rings. The van der Waals surface area contributed by atoms with E-state index in [2.05, 4.69) is 15.5 Å². The van der Waals surface area contributed by atoms with Gasteiger partial charge in [0.25, 0.3) is 5.91 Å². The minimum Gasteiger partial charge on any atom is -0.319 e. The molecule has 6 heteroatoms. The Kier molecular flexibility index (Phi) is 5.14. The van der Waals surface area contributed by atoms with E-state index in [9.17, 15) is 9.18 Å². The average molecular weight is 358 g/mol. The monoisotopic (exact) mass is 357 g/mol. The lowest BCUT2D eigenvalue weighted by atomic mass is 10.1. The quantitative estimate of drug-likeness (QED) is 0.669. The molecule has 3 aromatic rings. The summed E-state index contributed by atoms with van der Waals surface area (Å²) in [5, 5.41) is 10.8. The molecule has 128 valence electrons. The number of rotatable bonds is 5. The van der Waals surface area contributed by atoms with Crippen molar-refractivity contribution in [1.82, 2.24) is 10.2 Å². The fourth-order valence-corrected chi connectivity index (χ4v) is 2.70. The van der Waals surface area contributed by atoms with Crippen molar-refractivity contribution >= 4 is 23.2 Å². The van der Waals surface area contributed by atoms with Crippen molar-refractivity contribution in [1.29, 1.82) is 0 Å². The van der Waals surface area contributed by atoms with E-state index in [1.165, 1.54) is 18.2 Å². The van der Waals surface area contributed by atoms with Gasteiger partial charge >= 0.3 is 0 Å². The Morgan fingerprint density at radius 2 is 2.00 bits per heavy atom. The van der Waals surface area contributed by atoms with Crippen LogP contribution < -0.4 is 5.32 Å². The molecule has 0 radical (unpaired) electrons. The number of nitrogens with zero attached hydrogens (tertiary/aromatic N) is 1. The first-order valence-electron chi connectivity index (χ1n) is 7.98. The number of aromatic nitrogens is 2. The van der Waals surface area contributed by atoms with Gasteiger partial charge in [0.1, 0.15) is 11.5 Å². The van der Waals surface area contributed by atoms with Crippen LogP contribution in [0.3, 0.4) is 0 Å². The van der Waals surface area contributed by atoms with Gasteiger partial charge in [-0.3, -0.25) is 9.89 Å². The molecule has 0 spiro atoms. The Hall–Kier alpha value is -2.66. The van der Waals surface area contributed by atoms with Crippen LogP contribution in [-0.2, 0) is 6.42 Å². The summed E-state index contributed by atoms with van der Waals surface area (Å²) in [6.07, 6.45) is 1.63. The number of nitrogens with one attached hydrogen (secondary N) is 2. The number of hydrogen-bond donors (Lipinski definition) is 2. The molecule has 3 rings (SSSR count). The zero-order valence-corrected chi connectivity index (χ0v) is 14.4. The molecule has 0 aliphatic carbocycles. The fourth-order valence-electron chi connectivity index (χ4n) is 2.58. The van der Waals surface area contributed by atoms with E-state index in [4.69, 9.17) is 11.6 Å². The largest absolute Gasteiger partial charge is 0.319 e. The zero-order chi connectivity index (χ0) is 17.8. The molecule has 0 bridgehead atoms. The molecule has 1 heterocycles. The summed E-state index contributed by atoms with van der Waals surface area (Å²) < 4.78 is 13.4. The molecule has 0 saturated carbocycles. The maximum atomic E-state index is 13.4. The number of carbonyl (C=O) groups excluding carboxylic acids is 1. The molecule has 0 aliphatic heterocycles. The normalized spacial score (nSPS) is 10.7. The first kappa shape index (κ1) is 17.2. The van der Waals surface area contributed by atoms with Crippen LogP contribution in [-0.4, -0.2) is 16.1 Å². The number of H-pyrrole nitrogens is 1. The molecule has 1 aromatic heterocycles. The van der Waals surface area contributed by atoms with Gasteiger partial charge in [-0.2, -0.15) is 5.10 Å². The van der Waals surface area contributed by atoms with E-state index in [0.717, 1.165) is 24.1 Å². The summed E-state index contributed by atoms with van der Waals surface area (Å²) in [5.41, 5.74) is 3.16. The van der Waals surface area contributed by atoms with Crippen LogP contribution in [0.1, 0.15) is 29.4 Å². The maximum absolute atomic E-state index is 13.4. The van der Waals surface area contributed by atoms with Crippen molar-refractivity contribution in [3.05, 3.63) is 70.6 Å². The van der Waals surface area contributed by atoms with Crippen LogP contribution in [0.25, 0.3) is 11.3 Å². The summed E-state index contributed by atoms with van der Waals surface area (Å²) >= 11 is 5.94. The number of halogens is 2. The Bertz CT molecular complexity index is 890. The molecule has 2 aromatic carbocycles. The Morgan fingerprint density at radius 3 is 2.68 bits per heavy atom. The van der Waals surface area contributed by atoms with Crippen molar-refractivity contribution in [2.45, 2.75) is 19.8 Å². The van der Waals surface area contributed by atoms with Gasteiger partial charge in [0.2, 0.25) is 0 Å². The summed E-state index contributed by atoms with van der Waals surface area (Å²) in [6, 6.07) is 12.8. The lowest BCUT2D eigenvalue weighted by molar-refractivity contribution is 0.102. The smallest absolute Gasteiger partial charge is 0.255 e. The highest BCUT2D eigenvalue weighted by molar-refractivity contribution is 6.30. The molecule has 1 amide bonds. The SMILES string of the molecule is CCCc1[nH]nc(-c2ccc(Cl)cc2)c1NC(=O)c1cccc(F)c1. The van der Waals surface area contributed by atoms with Crippen LogP contribution in [0.5, 0.6) is 0 Å². The second kappa shape index (κ2) is 7.49. The van der Waals surface area contributed by atoms with Crippen molar-refractivity contribution in [2.75, 3.05) is 5.32 Å². The maximum Gasteiger partial charge on any atom is 0.255 e. The van der Waals surface area contributed by atoms with Gasteiger partial charge in [-0.1, -0.05) is 43.1 Å². The van der Waals surface area contributed by atoms with Gasteiger partial charge < -0.3 is 5.32 Å². The van der Waals surface area contributed by atoms with E-state index < -0.39 is 5.82 Å². The summed E-state index contributed by atoms with van der Waals surface area (Å²) in [7, 11) is 0. The van der Waals surface area contributed by atoms with Crippen molar-refractivity contribution in [3.63, 3.8) is 0 Å². The van der Waals surface area contributed by atoms with E-state index >= 15 is 0 Å². The predicted molar refractivity (Wildman–Crippen MR) is 97.4 cm³/mol. The van der Waals surface area contributed by atoms with Crippen LogP contribution in [0.15, 0.2) is 48.5 Å². The molecule has 0 atom stereocenters. The number of carbonyl (C=O) groups is 1. The van der Waals surface area contributed by atoms with Gasteiger partial charge in [-0.15, -0.1) is 0 Å². The minimum absolute atomic E-state index is 0.255. The highest BCUT2D eigenvalue weighted by Crippen LogP contribution is 2.30. The molecular formula is C19H17ClFN3O. The van der Waals surface area contributed by atoms with Crippen LogP contribution in [0.4, 0.5) is 10.1 Å². The van der Waals surface area contributed by atoms with Crippen molar-refractivity contribution < 1.29 is 9.18 Å². The number of hydrogen-bond acceptors (Lipinski definition) is 2. The van der Waals surface area contributed by atoms with Crippen LogP contribution in [0.2, 0.25) is 5.02 Å². The number of aromatic amines is 1. The first-order valence-corrected chi connectivity index (χ1v) is 8.36. The zero-order valence-electron chi connectivity index (χ0n) is 13.6. The lowest BCUT2D eigenvalue weighted by Gasteiger charge is -2.09. The Balaban J connectivity index is 1.97. The van der Waals surface area contributed by atoms with Gasteiger partial charge in [-0.25, -0.2) is 4.39 Å². The van der Waals surface area contributed by atoms with Crippen LogP contribution >= 0.6 is 11.6 Å². The Labute approximate surface area is 150 Å². The molecule has 0 unspecified atom stereocenters. The van der Waals surface area contributed by atoms with Crippen molar-refractivity contribution in [2.24, 2.45) is 0 Å². The third-order valence-corrected chi connectivity index (χ3v) is 4.04. The van der Waals surface area contributed by atoms with Gasteiger partial charge in [-0.05, 0) is 36.8 Å². The molecular weight excluding hydrogens is 341 g/mol. The number of aryl methyl sites for hydroxylation is 1. The van der Waals surface area contributed by atoms with Gasteiger partial charge in [0.05, 0.1) is 11.4 Å².